The molecule has 5 rings (SSSR count). The third kappa shape index (κ3) is 2.38. The summed E-state index contributed by atoms with van der Waals surface area (Å²) in [5.74, 6) is 0.760. The average Bonchev–Trinajstić information content (AvgIpc) is 3.03. The minimum atomic E-state index is -0.134. The third-order valence-electron chi connectivity index (χ3n) is 6.72. The van der Waals surface area contributed by atoms with Crippen molar-refractivity contribution in [2.75, 3.05) is 0 Å². The smallest absolute Gasteiger partial charge is 0.142 e. The van der Waals surface area contributed by atoms with Gasteiger partial charge in [0, 0.05) is 28.1 Å². The lowest BCUT2D eigenvalue weighted by atomic mass is 9.75. The van der Waals surface area contributed by atoms with Gasteiger partial charge in [-0.3, -0.25) is 4.98 Å². The molecule has 0 unspecified atom stereocenters. The van der Waals surface area contributed by atoms with Gasteiger partial charge in [-0.1, -0.05) is 77.4 Å². The van der Waals surface area contributed by atoms with Crippen LogP contribution < -0.4 is 0 Å². The minimum absolute atomic E-state index is 0.134. The van der Waals surface area contributed by atoms with Gasteiger partial charge in [-0.25, -0.2) is 0 Å². The van der Waals surface area contributed by atoms with E-state index in [-0.39, 0.29) is 5.41 Å². The van der Waals surface area contributed by atoms with Crippen LogP contribution in [0, 0.1) is 6.92 Å². The predicted octanol–water partition coefficient (Wildman–Crippen LogP) is 7.84. The fraction of sp³-hybridized carbons (Fsp3) is 0.370. The molecule has 1 aliphatic rings. The minimum Gasteiger partial charge on any atom is -0.455 e. The van der Waals surface area contributed by atoms with E-state index in [0.717, 1.165) is 16.9 Å². The quantitative estimate of drug-likeness (QED) is 0.352. The Morgan fingerprint density at radius 3 is 2.21 bits per heavy atom. The van der Waals surface area contributed by atoms with E-state index < -0.39 is 0 Å². The number of aromatic nitrogens is 1. The van der Waals surface area contributed by atoms with E-state index in [1.807, 2.05) is 6.20 Å². The van der Waals surface area contributed by atoms with Crippen LogP contribution in [0.4, 0.5) is 0 Å². The molecule has 2 nitrogen and oxygen atoms in total. The first kappa shape index (κ1) is 18.4. The highest BCUT2D eigenvalue weighted by Gasteiger charge is 2.35. The summed E-state index contributed by atoms with van der Waals surface area (Å²) in [5, 5.41) is 2.45. The maximum atomic E-state index is 6.69. The van der Waals surface area contributed by atoms with Gasteiger partial charge in [0.2, 0.25) is 0 Å². The molecule has 2 heterocycles. The lowest BCUT2D eigenvalue weighted by Crippen LogP contribution is -2.20. The van der Waals surface area contributed by atoms with Crippen molar-refractivity contribution in [1.82, 2.24) is 4.98 Å². The zero-order valence-electron chi connectivity index (χ0n) is 18.5. The molecular formula is C27H29NO. The molecule has 2 aromatic heterocycles. The molecule has 4 aromatic rings. The molecule has 1 aliphatic carbocycles. The number of aryl methyl sites for hydroxylation is 1. The molecule has 0 radical (unpaired) electrons. The van der Waals surface area contributed by atoms with Crippen molar-refractivity contribution >= 4 is 21.9 Å². The van der Waals surface area contributed by atoms with Gasteiger partial charge in [0.15, 0.2) is 0 Å². The molecule has 0 amide bonds. The highest BCUT2D eigenvalue weighted by atomic mass is 16.3. The first-order valence-electron chi connectivity index (χ1n) is 10.7. The summed E-state index contributed by atoms with van der Waals surface area (Å²) in [4.78, 5) is 5.02. The molecule has 0 bridgehead atoms. The Labute approximate surface area is 173 Å². The third-order valence-corrected chi connectivity index (χ3v) is 6.72. The van der Waals surface area contributed by atoms with E-state index in [0.29, 0.717) is 11.8 Å². The van der Waals surface area contributed by atoms with E-state index in [2.05, 4.69) is 78.8 Å². The maximum Gasteiger partial charge on any atom is 0.142 e. The van der Waals surface area contributed by atoms with E-state index in [1.54, 1.807) is 0 Å². The van der Waals surface area contributed by atoms with Crippen molar-refractivity contribution in [3.8, 4) is 11.3 Å². The average molecular weight is 384 g/mol. The highest BCUT2D eigenvalue weighted by molar-refractivity contribution is 6.16. The van der Waals surface area contributed by atoms with Crippen LogP contribution in [0.3, 0.4) is 0 Å². The van der Waals surface area contributed by atoms with Gasteiger partial charge in [0.25, 0.3) is 0 Å². The van der Waals surface area contributed by atoms with Crippen LogP contribution in [-0.2, 0) is 5.41 Å². The second kappa shape index (κ2) is 5.95. The Morgan fingerprint density at radius 1 is 0.828 bits per heavy atom. The topological polar surface area (TPSA) is 26.0 Å². The Balaban J connectivity index is 2.09. The standard InChI is InChI=1S/C27H29NO/c1-14(2)17-10-11-20-22-23-24(18-9-8-16(5)12-21(18)27(20,6)7)28-13-19(15(3)4)26(23)29-25(17)22/h8-15H,1-7H3. The molecule has 0 saturated heterocycles. The molecule has 2 aromatic carbocycles. The molecule has 148 valence electrons. The number of rotatable bonds is 2. The van der Waals surface area contributed by atoms with Crippen LogP contribution in [0.5, 0.6) is 0 Å². The van der Waals surface area contributed by atoms with Crippen LogP contribution in [0.2, 0.25) is 0 Å². The van der Waals surface area contributed by atoms with Crippen LogP contribution in [-0.4, -0.2) is 4.98 Å². The lowest BCUT2D eigenvalue weighted by Gasteiger charge is -2.28. The number of benzene rings is 2. The largest absolute Gasteiger partial charge is 0.455 e. The van der Waals surface area contributed by atoms with Crippen molar-refractivity contribution in [1.29, 1.82) is 0 Å². The summed E-state index contributed by atoms with van der Waals surface area (Å²) in [6.07, 6.45) is 2.03. The number of furan rings is 1. The molecule has 2 heteroatoms. The zero-order valence-corrected chi connectivity index (χ0v) is 18.5. The van der Waals surface area contributed by atoms with E-state index in [9.17, 15) is 0 Å². The summed E-state index contributed by atoms with van der Waals surface area (Å²) >= 11 is 0. The maximum absolute atomic E-state index is 6.69. The Hall–Kier alpha value is -2.61. The normalized spacial score (nSPS) is 14.9. The number of fused-ring (bicyclic) bond motifs is 2. The second-order valence-corrected chi connectivity index (χ2v) is 9.76. The Kier molecular flexibility index (Phi) is 3.78. The SMILES string of the molecule is Cc1ccc2c(c1)C(C)(C)c1ccc(C(C)C)c3oc4c(C(C)C)cnc-2c4c13. The fourth-order valence-electron chi connectivity index (χ4n) is 5.03. The highest BCUT2D eigenvalue weighted by Crippen LogP contribution is 2.51. The molecule has 0 N–H and O–H groups in total. The van der Waals surface area contributed by atoms with Crippen molar-refractivity contribution in [2.24, 2.45) is 0 Å². The van der Waals surface area contributed by atoms with Crippen LogP contribution >= 0.6 is 0 Å². The van der Waals surface area contributed by atoms with E-state index >= 15 is 0 Å². The van der Waals surface area contributed by atoms with Crippen LogP contribution in [0.1, 0.15) is 81.2 Å². The van der Waals surface area contributed by atoms with Gasteiger partial charge in [-0.2, -0.15) is 0 Å². The number of nitrogens with zero attached hydrogens (tertiary/aromatic N) is 1. The number of hydrogen-bond donors (Lipinski definition) is 0. The number of hydrogen-bond acceptors (Lipinski definition) is 2. The molecule has 0 fully saturated rings. The Bertz CT molecular complexity index is 1290. The van der Waals surface area contributed by atoms with Crippen molar-refractivity contribution in [3.05, 3.63) is 64.3 Å². The lowest BCUT2D eigenvalue weighted by molar-refractivity contribution is 0.632. The van der Waals surface area contributed by atoms with Crippen LogP contribution in [0.25, 0.3) is 33.2 Å². The molecule has 0 saturated carbocycles. The molecule has 0 atom stereocenters. The van der Waals surface area contributed by atoms with Gasteiger partial charge < -0.3 is 4.42 Å². The zero-order chi connectivity index (χ0) is 20.7. The summed E-state index contributed by atoms with van der Waals surface area (Å²) in [7, 11) is 0. The molecule has 29 heavy (non-hydrogen) atoms. The van der Waals surface area contributed by atoms with Crippen molar-refractivity contribution in [2.45, 2.75) is 65.7 Å². The first-order chi connectivity index (χ1) is 13.7. The summed E-state index contributed by atoms with van der Waals surface area (Å²) < 4.78 is 6.69. The second-order valence-electron chi connectivity index (χ2n) is 9.76. The monoisotopic (exact) mass is 383 g/mol. The van der Waals surface area contributed by atoms with Crippen molar-refractivity contribution < 1.29 is 4.42 Å². The van der Waals surface area contributed by atoms with Crippen LogP contribution in [0.15, 0.2) is 40.9 Å². The van der Waals surface area contributed by atoms with Gasteiger partial charge >= 0.3 is 0 Å². The van der Waals surface area contributed by atoms with Gasteiger partial charge in [-0.15, -0.1) is 0 Å². The Morgan fingerprint density at radius 2 is 1.52 bits per heavy atom. The van der Waals surface area contributed by atoms with Gasteiger partial charge in [0.1, 0.15) is 11.2 Å². The molecule has 0 aliphatic heterocycles. The van der Waals surface area contributed by atoms with E-state index in [1.165, 1.54) is 44.2 Å². The van der Waals surface area contributed by atoms with Gasteiger partial charge in [0.05, 0.1) is 11.1 Å². The summed E-state index contributed by atoms with van der Waals surface area (Å²) in [6.45, 7) is 15.8. The molecule has 0 spiro atoms. The first-order valence-corrected chi connectivity index (χ1v) is 10.7. The fourth-order valence-corrected chi connectivity index (χ4v) is 5.03. The summed E-state index contributed by atoms with van der Waals surface area (Å²) in [6, 6.07) is 11.4. The van der Waals surface area contributed by atoms with Crippen molar-refractivity contribution in [3.63, 3.8) is 0 Å². The molecular weight excluding hydrogens is 354 g/mol. The van der Waals surface area contributed by atoms with Gasteiger partial charge in [-0.05, 0) is 35.4 Å². The predicted molar refractivity (Wildman–Crippen MR) is 122 cm³/mol. The van der Waals surface area contributed by atoms with E-state index in [4.69, 9.17) is 9.40 Å². The number of pyridine rings is 1. The summed E-state index contributed by atoms with van der Waals surface area (Å²) in [5.41, 5.74) is 10.6.